The topological polar surface area (TPSA) is 29.1 Å². The first-order valence-corrected chi connectivity index (χ1v) is 6.98. The van der Waals surface area contributed by atoms with Crippen molar-refractivity contribution >= 4 is 5.91 Å². The Morgan fingerprint density at radius 1 is 1.21 bits per heavy atom. The van der Waals surface area contributed by atoms with Gasteiger partial charge in [-0.15, -0.1) is 0 Å². The first kappa shape index (κ1) is 15.2. The Labute approximate surface area is 116 Å². The van der Waals surface area contributed by atoms with Crippen LogP contribution in [-0.4, -0.2) is 12.5 Å². The van der Waals surface area contributed by atoms with E-state index in [-0.39, 0.29) is 5.91 Å². The highest BCUT2D eigenvalue weighted by Gasteiger charge is 1.90. The van der Waals surface area contributed by atoms with Crippen LogP contribution in [0.25, 0.3) is 0 Å². The van der Waals surface area contributed by atoms with Crippen LogP contribution in [-0.2, 0) is 11.2 Å². The van der Waals surface area contributed by atoms with E-state index in [1.165, 1.54) is 5.56 Å². The molecule has 0 saturated carbocycles. The average molecular weight is 257 g/mol. The second-order valence-corrected chi connectivity index (χ2v) is 4.46. The van der Waals surface area contributed by atoms with Gasteiger partial charge in [-0.1, -0.05) is 55.5 Å². The summed E-state index contributed by atoms with van der Waals surface area (Å²) in [5, 5.41) is 2.80. The molecule has 0 aliphatic carbocycles. The Morgan fingerprint density at radius 2 is 2.00 bits per heavy atom. The van der Waals surface area contributed by atoms with Crippen molar-refractivity contribution in [3.8, 4) is 0 Å². The maximum Gasteiger partial charge on any atom is 0.243 e. The van der Waals surface area contributed by atoms with Gasteiger partial charge in [-0.3, -0.25) is 4.79 Å². The third-order valence-corrected chi connectivity index (χ3v) is 2.72. The summed E-state index contributed by atoms with van der Waals surface area (Å²) in [6, 6.07) is 10.5. The lowest BCUT2D eigenvalue weighted by atomic mass is 10.1. The summed E-state index contributed by atoms with van der Waals surface area (Å²) in [5.41, 5.74) is 1.38. The molecule has 0 saturated heterocycles. The van der Waals surface area contributed by atoms with E-state index in [1.807, 2.05) is 19.1 Å². The molecule has 1 amide bonds. The number of benzene rings is 1. The molecule has 0 aromatic heterocycles. The predicted molar refractivity (Wildman–Crippen MR) is 81.0 cm³/mol. The fourth-order valence-corrected chi connectivity index (χ4v) is 1.69. The third-order valence-electron chi connectivity index (χ3n) is 2.72. The molecule has 1 N–H and O–H groups in total. The lowest BCUT2D eigenvalue weighted by molar-refractivity contribution is -0.116. The average Bonchev–Trinajstić information content (AvgIpc) is 2.45. The van der Waals surface area contributed by atoms with E-state index in [4.69, 9.17) is 0 Å². The van der Waals surface area contributed by atoms with Crippen LogP contribution in [0.2, 0.25) is 0 Å². The zero-order chi connectivity index (χ0) is 13.8. The Balaban J connectivity index is 2.10. The van der Waals surface area contributed by atoms with Gasteiger partial charge in [0.05, 0.1) is 0 Å². The summed E-state index contributed by atoms with van der Waals surface area (Å²) in [7, 11) is 0. The van der Waals surface area contributed by atoms with Crippen LogP contribution < -0.4 is 5.32 Å². The molecule has 0 fully saturated rings. The van der Waals surface area contributed by atoms with Crippen LogP contribution in [0, 0.1) is 0 Å². The van der Waals surface area contributed by atoms with Gasteiger partial charge in [0.25, 0.3) is 0 Å². The number of rotatable bonds is 8. The number of amides is 1. The first-order valence-electron chi connectivity index (χ1n) is 6.98. The summed E-state index contributed by atoms with van der Waals surface area (Å²) < 4.78 is 0. The standard InChI is InChI=1S/C17H23NO/c1-2-15-18-17(19)14-10-5-3-4-7-11-16-12-8-6-9-13-16/h3,5-6,8-10,12-14H,2,4,7,11,15H2,1H3,(H,18,19). The van der Waals surface area contributed by atoms with E-state index in [0.29, 0.717) is 0 Å². The second kappa shape index (κ2) is 10.1. The molecule has 0 unspecified atom stereocenters. The quantitative estimate of drug-likeness (QED) is 0.430. The van der Waals surface area contributed by atoms with Crippen molar-refractivity contribution in [3.05, 3.63) is 60.2 Å². The number of hydrogen-bond acceptors (Lipinski definition) is 1. The van der Waals surface area contributed by atoms with Crippen LogP contribution in [0.5, 0.6) is 0 Å². The van der Waals surface area contributed by atoms with Crippen molar-refractivity contribution in [3.63, 3.8) is 0 Å². The molecule has 2 heteroatoms. The van der Waals surface area contributed by atoms with Crippen molar-refractivity contribution in [2.45, 2.75) is 32.6 Å². The molecule has 0 aliphatic heterocycles. The normalized spacial score (nSPS) is 11.2. The highest BCUT2D eigenvalue weighted by molar-refractivity contribution is 5.87. The number of carbonyl (C=O) groups is 1. The molecule has 0 spiro atoms. The molecule has 0 bridgehead atoms. The fraction of sp³-hybridized carbons (Fsp3) is 0.353. The SMILES string of the molecule is CCCNC(=O)C=CC=CCCCc1ccccc1. The zero-order valence-electron chi connectivity index (χ0n) is 11.6. The maximum atomic E-state index is 11.2. The minimum Gasteiger partial charge on any atom is -0.353 e. The van der Waals surface area contributed by atoms with E-state index in [0.717, 1.165) is 32.2 Å². The zero-order valence-corrected chi connectivity index (χ0v) is 11.6. The number of hydrogen-bond donors (Lipinski definition) is 1. The minimum absolute atomic E-state index is 0.0178. The van der Waals surface area contributed by atoms with E-state index in [9.17, 15) is 4.79 Å². The van der Waals surface area contributed by atoms with Gasteiger partial charge in [0, 0.05) is 12.6 Å². The number of carbonyl (C=O) groups excluding carboxylic acids is 1. The smallest absolute Gasteiger partial charge is 0.243 e. The first-order chi connectivity index (χ1) is 9.33. The molecule has 19 heavy (non-hydrogen) atoms. The van der Waals surface area contributed by atoms with Crippen LogP contribution in [0.15, 0.2) is 54.6 Å². The molecular weight excluding hydrogens is 234 g/mol. The summed E-state index contributed by atoms with van der Waals surface area (Å²) in [4.78, 5) is 11.2. The minimum atomic E-state index is -0.0178. The summed E-state index contributed by atoms with van der Waals surface area (Å²) in [6.45, 7) is 2.78. The monoisotopic (exact) mass is 257 g/mol. The summed E-state index contributed by atoms with van der Waals surface area (Å²) >= 11 is 0. The lowest BCUT2D eigenvalue weighted by Gasteiger charge is -1.97. The molecule has 1 aromatic rings. The summed E-state index contributed by atoms with van der Waals surface area (Å²) in [5.74, 6) is -0.0178. The second-order valence-electron chi connectivity index (χ2n) is 4.46. The highest BCUT2D eigenvalue weighted by Crippen LogP contribution is 2.04. The molecule has 102 valence electrons. The third kappa shape index (κ3) is 7.98. The Bertz CT molecular complexity index is 407. The number of unbranched alkanes of at least 4 members (excludes halogenated alkanes) is 1. The predicted octanol–water partition coefficient (Wildman–Crippen LogP) is 3.65. The van der Waals surface area contributed by atoms with Crippen LogP contribution >= 0.6 is 0 Å². The van der Waals surface area contributed by atoms with E-state index in [2.05, 4.69) is 35.7 Å². The molecule has 1 aromatic carbocycles. The van der Waals surface area contributed by atoms with Gasteiger partial charge < -0.3 is 5.32 Å². The summed E-state index contributed by atoms with van der Waals surface area (Å²) in [6.07, 6.45) is 11.7. The van der Waals surface area contributed by atoms with Gasteiger partial charge in [0.1, 0.15) is 0 Å². The van der Waals surface area contributed by atoms with Gasteiger partial charge in [0.2, 0.25) is 5.91 Å². The van der Waals surface area contributed by atoms with E-state index >= 15 is 0 Å². The number of aryl methyl sites for hydroxylation is 1. The molecule has 0 atom stereocenters. The molecule has 0 aliphatic rings. The molecule has 2 nitrogen and oxygen atoms in total. The molecule has 0 heterocycles. The maximum absolute atomic E-state index is 11.2. The fourth-order valence-electron chi connectivity index (χ4n) is 1.69. The van der Waals surface area contributed by atoms with Gasteiger partial charge in [-0.2, -0.15) is 0 Å². The van der Waals surface area contributed by atoms with E-state index < -0.39 is 0 Å². The Morgan fingerprint density at radius 3 is 2.74 bits per heavy atom. The molecular formula is C17H23NO. The van der Waals surface area contributed by atoms with Gasteiger partial charge >= 0.3 is 0 Å². The number of allylic oxidation sites excluding steroid dienone is 3. The Hall–Kier alpha value is -1.83. The van der Waals surface area contributed by atoms with Crippen molar-refractivity contribution in [1.29, 1.82) is 0 Å². The van der Waals surface area contributed by atoms with Crippen molar-refractivity contribution in [1.82, 2.24) is 5.32 Å². The van der Waals surface area contributed by atoms with Gasteiger partial charge in [-0.05, 0) is 31.2 Å². The number of nitrogens with one attached hydrogen (secondary N) is 1. The lowest BCUT2D eigenvalue weighted by Crippen LogP contribution is -2.21. The van der Waals surface area contributed by atoms with Gasteiger partial charge in [-0.25, -0.2) is 0 Å². The molecule has 1 rings (SSSR count). The Kier molecular flexibility index (Phi) is 8.12. The van der Waals surface area contributed by atoms with Gasteiger partial charge in [0.15, 0.2) is 0 Å². The van der Waals surface area contributed by atoms with Crippen molar-refractivity contribution < 1.29 is 4.79 Å². The van der Waals surface area contributed by atoms with Crippen LogP contribution in [0.3, 0.4) is 0 Å². The molecule has 0 radical (unpaired) electrons. The van der Waals surface area contributed by atoms with Crippen molar-refractivity contribution in [2.75, 3.05) is 6.54 Å². The van der Waals surface area contributed by atoms with E-state index in [1.54, 1.807) is 12.2 Å². The largest absolute Gasteiger partial charge is 0.353 e. The highest BCUT2D eigenvalue weighted by atomic mass is 16.1. The van der Waals surface area contributed by atoms with Crippen LogP contribution in [0.4, 0.5) is 0 Å². The van der Waals surface area contributed by atoms with Crippen molar-refractivity contribution in [2.24, 2.45) is 0 Å². The van der Waals surface area contributed by atoms with Crippen LogP contribution in [0.1, 0.15) is 31.7 Å².